The van der Waals surface area contributed by atoms with Crippen LogP contribution in [-0.2, 0) is 4.79 Å². The van der Waals surface area contributed by atoms with Crippen molar-refractivity contribution in [1.29, 1.82) is 0 Å². The second-order valence-electron chi connectivity index (χ2n) is 8.80. The molecule has 5 rings (SSSR count). The minimum absolute atomic E-state index is 0.0525. The van der Waals surface area contributed by atoms with Crippen LogP contribution >= 0.6 is 0 Å². The van der Waals surface area contributed by atoms with Crippen LogP contribution in [0.3, 0.4) is 0 Å². The van der Waals surface area contributed by atoms with Crippen LogP contribution in [0.5, 0.6) is 0 Å². The Bertz CT molecular complexity index is 1010. The summed E-state index contributed by atoms with van der Waals surface area (Å²) in [6, 6.07) is 24.5. The summed E-state index contributed by atoms with van der Waals surface area (Å²) in [6.07, 6.45) is 3.72. The molecule has 2 saturated heterocycles. The summed E-state index contributed by atoms with van der Waals surface area (Å²) < 4.78 is 5.32. The highest BCUT2D eigenvalue weighted by Gasteiger charge is 2.41. The first-order chi connectivity index (χ1) is 15.7. The fourth-order valence-electron chi connectivity index (χ4n) is 5.30. The molecule has 2 aliphatic heterocycles. The molecule has 0 unspecified atom stereocenters. The Morgan fingerprint density at radius 1 is 0.938 bits per heavy atom. The number of carbonyl (C=O) groups excluding carboxylic acids is 2. The van der Waals surface area contributed by atoms with Gasteiger partial charge in [-0.3, -0.25) is 9.59 Å². The van der Waals surface area contributed by atoms with Crippen molar-refractivity contribution >= 4 is 11.8 Å². The van der Waals surface area contributed by atoms with Crippen LogP contribution in [0, 0.1) is 5.92 Å². The largest absolute Gasteiger partial charge is 0.459 e. The van der Waals surface area contributed by atoms with Gasteiger partial charge >= 0.3 is 0 Å². The number of likely N-dealkylation sites (tertiary alicyclic amines) is 2. The predicted octanol–water partition coefficient (Wildman–Crippen LogP) is 4.56. The molecule has 0 N–H and O–H groups in total. The highest BCUT2D eigenvalue weighted by atomic mass is 16.3. The Labute approximate surface area is 188 Å². The van der Waals surface area contributed by atoms with E-state index in [2.05, 4.69) is 53.4 Å². The maximum Gasteiger partial charge on any atom is 0.289 e. The molecule has 3 aromatic rings. The van der Waals surface area contributed by atoms with Crippen LogP contribution in [0.15, 0.2) is 83.5 Å². The Morgan fingerprint density at radius 2 is 1.62 bits per heavy atom. The zero-order chi connectivity index (χ0) is 21.9. The SMILES string of the molecule is O=C(c1ccco1)N1CC[C@@H]2[C@@H](CCC(=O)N2CC(c2ccccc2)c2ccccc2)C1. The molecule has 164 valence electrons. The van der Waals surface area contributed by atoms with E-state index >= 15 is 0 Å². The zero-order valence-electron chi connectivity index (χ0n) is 18.1. The van der Waals surface area contributed by atoms with Gasteiger partial charge in [0.15, 0.2) is 5.76 Å². The first-order valence-corrected chi connectivity index (χ1v) is 11.4. The molecule has 32 heavy (non-hydrogen) atoms. The standard InChI is InChI=1S/C27H28N2O3/c30-26-14-13-22-18-28(27(31)25-12-7-17-32-25)16-15-24(22)29(26)19-23(20-8-3-1-4-9-20)21-10-5-2-6-11-21/h1-12,17,22-24H,13-16,18-19H2/t22-,24+/m0/s1. The van der Waals surface area contributed by atoms with Gasteiger partial charge in [0.05, 0.1) is 6.26 Å². The predicted molar refractivity (Wildman–Crippen MR) is 122 cm³/mol. The highest BCUT2D eigenvalue weighted by Crippen LogP contribution is 2.35. The van der Waals surface area contributed by atoms with Crippen LogP contribution in [0.2, 0.25) is 0 Å². The Hall–Kier alpha value is -3.34. The maximum atomic E-state index is 13.1. The summed E-state index contributed by atoms with van der Waals surface area (Å²) in [7, 11) is 0. The molecule has 2 aromatic carbocycles. The third kappa shape index (κ3) is 4.07. The lowest BCUT2D eigenvalue weighted by molar-refractivity contribution is -0.140. The first kappa shape index (κ1) is 20.6. The Kier molecular flexibility index (Phi) is 5.80. The number of hydrogen-bond donors (Lipinski definition) is 0. The monoisotopic (exact) mass is 428 g/mol. The van der Waals surface area contributed by atoms with Gasteiger partial charge in [-0.25, -0.2) is 0 Å². The van der Waals surface area contributed by atoms with E-state index in [9.17, 15) is 9.59 Å². The van der Waals surface area contributed by atoms with E-state index in [1.807, 2.05) is 17.0 Å². The number of nitrogens with zero attached hydrogens (tertiary/aromatic N) is 2. The second-order valence-corrected chi connectivity index (χ2v) is 8.80. The van der Waals surface area contributed by atoms with Gasteiger partial charge in [-0.15, -0.1) is 0 Å². The molecule has 0 aliphatic carbocycles. The molecule has 2 fully saturated rings. The molecule has 0 saturated carbocycles. The number of hydrogen-bond acceptors (Lipinski definition) is 3. The van der Waals surface area contributed by atoms with Crippen molar-refractivity contribution in [3.63, 3.8) is 0 Å². The summed E-state index contributed by atoms with van der Waals surface area (Å²) in [4.78, 5) is 29.9. The van der Waals surface area contributed by atoms with Crippen LogP contribution in [0.4, 0.5) is 0 Å². The minimum Gasteiger partial charge on any atom is -0.459 e. The fourth-order valence-corrected chi connectivity index (χ4v) is 5.30. The van der Waals surface area contributed by atoms with E-state index in [4.69, 9.17) is 4.42 Å². The third-order valence-corrected chi connectivity index (χ3v) is 6.95. The lowest BCUT2D eigenvalue weighted by Crippen LogP contribution is -2.57. The smallest absolute Gasteiger partial charge is 0.289 e. The van der Waals surface area contributed by atoms with Crippen LogP contribution in [0.1, 0.15) is 46.9 Å². The lowest BCUT2D eigenvalue weighted by atomic mass is 9.81. The van der Waals surface area contributed by atoms with E-state index in [0.29, 0.717) is 37.7 Å². The summed E-state index contributed by atoms with van der Waals surface area (Å²) in [5.41, 5.74) is 2.44. The number of carbonyl (C=O) groups is 2. The summed E-state index contributed by atoms with van der Waals surface area (Å²) in [5, 5.41) is 0. The number of benzene rings is 2. The number of fused-ring (bicyclic) bond motifs is 1. The number of rotatable bonds is 5. The van der Waals surface area contributed by atoms with Crippen molar-refractivity contribution in [3.8, 4) is 0 Å². The number of piperidine rings is 2. The van der Waals surface area contributed by atoms with Gasteiger partial charge in [0.1, 0.15) is 0 Å². The maximum absolute atomic E-state index is 13.1. The molecule has 2 atom stereocenters. The summed E-state index contributed by atoms with van der Waals surface area (Å²) in [5.74, 6) is 0.994. The molecule has 1 aromatic heterocycles. The third-order valence-electron chi connectivity index (χ3n) is 6.95. The van der Waals surface area contributed by atoms with E-state index in [-0.39, 0.29) is 23.8 Å². The average molecular weight is 429 g/mol. The van der Waals surface area contributed by atoms with Gasteiger partial charge in [0.25, 0.3) is 5.91 Å². The molecular weight excluding hydrogens is 400 g/mol. The van der Waals surface area contributed by atoms with E-state index in [0.717, 1.165) is 12.8 Å². The second kappa shape index (κ2) is 9.03. The summed E-state index contributed by atoms with van der Waals surface area (Å²) >= 11 is 0. The molecule has 2 amide bonds. The van der Waals surface area contributed by atoms with Crippen LogP contribution < -0.4 is 0 Å². The summed E-state index contributed by atoms with van der Waals surface area (Å²) in [6.45, 7) is 1.99. The number of amides is 2. The fraction of sp³-hybridized carbons (Fsp3) is 0.333. The Morgan fingerprint density at radius 3 is 2.25 bits per heavy atom. The molecule has 2 aliphatic rings. The lowest BCUT2D eigenvalue weighted by Gasteiger charge is -2.48. The molecule has 0 bridgehead atoms. The number of furan rings is 1. The van der Waals surface area contributed by atoms with Gasteiger partial charge in [-0.1, -0.05) is 60.7 Å². The van der Waals surface area contributed by atoms with E-state index in [1.165, 1.54) is 17.4 Å². The van der Waals surface area contributed by atoms with Crippen molar-refractivity contribution in [3.05, 3.63) is 95.9 Å². The van der Waals surface area contributed by atoms with Gasteiger partial charge in [0.2, 0.25) is 5.91 Å². The molecule has 3 heterocycles. The van der Waals surface area contributed by atoms with Crippen molar-refractivity contribution < 1.29 is 14.0 Å². The zero-order valence-corrected chi connectivity index (χ0v) is 18.1. The molecular formula is C27H28N2O3. The van der Waals surface area contributed by atoms with Gasteiger partial charge in [-0.2, -0.15) is 0 Å². The van der Waals surface area contributed by atoms with Crippen molar-refractivity contribution in [2.75, 3.05) is 19.6 Å². The Balaban J connectivity index is 1.37. The van der Waals surface area contributed by atoms with Crippen molar-refractivity contribution in [1.82, 2.24) is 9.80 Å². The van der Waals surface area contributed by atoms with E-state index < -0.39 is 0 Å². The average Bonchev–Trinajstić information content (AvgIpc) is 3.39. The first-order valence-electron chi connectivity index (χ1n) is 11.4. The highest BCUT2D eigenvalue weighted by molar-refractivity contribution is 5.91. The normalized spacial score (nSPS) is 21.0. The molecule has 0 spiro atoms. The molecule has 5 nitrogen and oxygen atoms in total. The molecule has 5 heteroatoms. The molecule has 0 radical (unpaired) electrons. The van der Waals surface area contributed by atoms with Crippen LogP contribution in [0.25, 0.3) is 0 Å². The van der Waals surface area contributed by atoms with Crippen molar-refractivity contribution in [2.45, 2.75) is 31.2 Å². The minimum atomic E-state index is -0.0525. The van der Waals surface area contributed by atoms with E-state index in [1.54, 1.807) is 12.1 Å². The van der Waals surface area contributed by atoms with Gasteiger partial charge in [-0.05, 0) is 42.0 Å². The quantitative estimate of drug-likeness (QED) is 0.598. The topological polar surface area (TPSA) is 53.8 Å². The van der Waals surface area contributed by atoms with Gasteiger partial charge < -0.3 is 14.2 Å². The van der Waals surface area contributed by atoms with Gasteiger partial charge in [0, 0.05) is 38.0 Å². The van der Waals surface area contributed by atoms with Crippen molar-refractivity contribution in [2.24, 2.45) is 5.92 Å². The van der Waals surface area contributed by atoms with Crippen LogP contribution in [-0.4, -0.2) is 47.3 Å².